The molecule has 0 radical (unpaired) electrons. The third-order valence-electron chi connectivity index (χ3n) is 3.92. The van der Waals surface area contributed by atoms with Crippen molar-refractivity contribution in [3.8, 4) is 0 Å². The van der Waals surface area contributed by atoms with E-state index in [9.17, 15) is 23.1 Å². The van der Waals surface area contributed by atoms with Gasteiger partial charge in [-0.3, -0.25) is 4.79 Å². The number of alkyl halides is 3. The van der Waals surface area contributed by atoms with E-state index >= 15 is 0 Å². The van der Waals surface area contributed by atoms with Crippen molar-refractivity contribution in [1.82, 2.24) is 4.90 Å². The van der Waals surface area contributed by atoms with E-state index < -0.39 is 24.6 Å². The van der Waals surface area contributed by atoms with Crippen molar-refractivity contribution in [2.45, 2.75) is 36.4 Å². The van der Waals surface area contributed by atoms with Crippen LogP contribution in [-0.2, 0) is 4.79 Å². The number of nitrogens with zero attached hydrogens (tertiary/aromatic N) is 1. The van der Waals surface area contributed by atoms with Crippen molar-refractivity contribution in [3.63, 3.8) is 0 Å². The Morgan fingerprint density at radius 3 is 2.45 bits per heavy atom. The number of rotatable bonds is 3. The molecule has 0 spiro atoms. The SMILES string of the molecule is Cc1ccccc1SCC(=O)N1CCC(O)(C(F)(F)F)CC1. The number of hydrogen-bond donors (Lipinski definition) is 1. The first-order valence-electron chi connectivity index (χ1n) is 6.98. The van der Waals surface area contributed by atoms with Gasteiger partial charge in [0.15, 0.2) is 5.60 Å². The second-order valence-electron chi connectivity index (χ2n) is 5.46. The molecule has 122 valence electrons. The van der Waals surface area contributed by atoms with Gasteiger partial charge >= 0.3 is 6.18 Å². The number of amides is 1. The highest BCUT2D eigenvalue weighted by atomic mass is 32.2. The Balaban J connectivity index is 1.87. The lowest BCUT2D eigenvalue weighted by Gasteiger charge is -2.39. The summed E-state index contributed by atoms with van der Waals surface area (Å²) in [5, 5.41) is 9.58. The number of hydrogen-bond acceptors (Lipinski definition) is 3. The summed E-state index contributed by atoms with van der Waals surface area (Å²) < 4.78 is 38.1. The highest BCUT2D eigenvalue weighted by Crippen LogP contribution is 2.38. The van der Waals surface area contributed by atoms with Crippen molar-refractivity contribution in [2.75, 3.05) is 18.8 Å². The van der Waals surface area contributed by atoms with E-state index in [4.69, 9.17) is 0 Å². The first-order chi connectivity index (χ1) is 10.2. The smallest absolute Gasteiger partial charge is 0.380 e. The summed E-state index contributed by atoms with van der Waals surface area (Å²) in [6.07, 6.45) is -5.56. The summed E-state index contributed by atoms with van der Waals surface area (Å²) in [6, 6.07) is 7.64. The molecular formula is C15H18F3NO2S. The molecule has 1 aromatic carbocycles. The molecule has 1 aromatic rings. The summed E-state index contributed by atoms with van der Waals surface area (Å²) in [4.78, 5) is 14.5. The van der Waals surface area contributed by atoms with Gasteiger partial charge in [-0.15, -0.1) is 11.8 Å². The van der Waals surface area contributed by atoms with Crippen LogP contribution < -0.4 is 0 Å². The molecule has 0 atom stereocenters. The highest BCUT2D eigenvalue weighted by Gasteiger charge is 2.54. The Kier molecular flexibility index (Phi) is 5.07. The van der Waals surface area contributed by atoms with Crippen LogP contribution in [0.5, 0.6) is 0 Å². The number of aliphatic hydroxyl groups is 1. The van der Waals surface area contributed by atoms with Gasteiger partial charge in [-0.2, -0.15) is 13.2 Å². The predicted octanol–water partition coefficient (Wildman–Crippen LogP) is 3.00. The molecule has 7 heteroatoms. The zero-order chi connectivity index (χ0) is 16.4. The fourth-order valence-corrected chi connectivity index (χ4v) is 3.29. The molecule has 0 unspecified atom stereocenters. The minimum Gasteiger partial charge on any atom is -0.380 e. The molecule has 0 aromatic heterocycles. The third kappa shape index (κ3) is 3.76. The second-order valence-corrected chi connectivity index (χ2v) is 6.48. The molecule has 0 aliphatic carbocycles. The summed E-state index contributed by atoms with van der Waals surface area (Å²) in [7, 11) is 0. The maximum absolute atomic E-state index is 12.7. The molecule has 3 nitrogen and oxygen atoms in total. The van der Waals surface area contributed by atoms with Gasteiger partial charge in [0.2, 0.25) is 5.91 Å². The van der Waals surface area contributed by atoms with Crippen LogP contribution in [0.3, 0.4) is 0 Å². The summed E-state index contributed by atoms with van der Waals surface area (Å²) in [6.45, 7) is 1.81. The van der Waals surface area contributed by atoms with E-state index in [1.807, 2.05) is 31.2 Å². The maximum Gasteiger partial charge on any atom is 0.417 e. The van der Waals surface area contributed by atoms with Crippen molar-refractivity contribution in [2.24, 2.45) is 0 Å². The quantitative estimate of drug-likeness (QED) is 0.865. The van der Waals surface area contributed by atoms with E-state index in [0.29, 0.717) is 0 Å². The van der Waals surface area contributed by atoms with E-state index in [0.717, 1.165) is 10.5 Å². The van der Waals surface area contributed by atoms with Crippen molar-refractivity contribution < 1.29 is 23.1 Å². The zero-order valence-corrected chi connectivity index (χ0v) is 13.0. The van der Waals surface area contributed by atoms with Crippen molar-refractivity contribution in [1.29, 1.82) is 0 Å². The molecule has 0 saturated carbocycles. The lowest BCUT2D eigenvalue weighted by molar-refractivity contribution is -0.272. The van der Waals surface area contributed by atoms with Crippen LogP contribution in [0, 0.1) is 6.92 Å². The first kappa shape index (κ1) is 17.1. The molecule has 0 bridgehead atoms. The number of carbonyl (C=O) groups is 1. The van der Waals surface area contributed by atoms with Gasteiger partial charge in [0.25, 0.3) is 0 Å². The maximum atomic E-state index is 12.7. The van der Waals surface area contributed by atoms with Crippen LogP contribution in [-0.4, -0.2) is 46.5 Å². The Hall–Kier alpha value is -1.21. The van der Waals surface area contributed by atoms with E-state index in [1.54, 1.807) is 0 Å². The molecule has 1 heterocycles. The predicted molar refractivity (Wildman–Crippen MR) is 78.7 cm³/mol. The van der Waals surface area contributed by atoms with Gasteiger partial charge in [0, 0.05) is 30.8 Å². The van der Waals surface area contributed by atoms with E-state index in [-0.39, 0.29) is 24.7 Å². The molecule has 1 aliphatic rings. The van der Waals surface area contributed by atoms with Crippen LogP contribution in [0.25, 0.3) is 0 Å². The lowest BCUT2D eigenvalue weighted by atomic mass is 9.91. The Morgan fingerprint density at radius 2 is 1.91 bits per heavy atom. The fraction of sp³-hybridized carbons (Fsp3) is 0.533. The molecule has 1 amide bonds. The highest BCUT2D eigenvalue weighted by molar-refractivity contribution is 8.00. The minimum atomic E-state index is -4.64. The van der Waals surface area contributed by atoms with Gasteiger partial charge in [-0.25, -0.2) is 0 Å². The number of halogens is 3. The second kappa shape index (κ2) is 6.50. The van der Waals surface area contributed by atoms with Crippen LogP contribution in [0.4, 0.5) is 13.2 Å². The number of thioether (sulfide) groups is 1. The molecule has 1 fully saturated rings. The first-order valence-corrected chi connectivity index (χ1v) is 7.97. The van der Waals surface area contributed by atoms with Crippen LogP contribution in [0.15, 0.2) is 29.2 Å². The van der Waals surface area contributed by atoms with Crippen LogP contribution >= 0.6 is 11.8 Å². The molecule has 22 heavy (non-hydrogen) atoms. The molecule has 1 N–H and O–H groups in total. The molecule has 1 saturated heterocycles. The average Bonchev–Trinajstić information content (AvgIpc) is 2.46. The van der Waals surface area contributed by atoms with Crippen LogP contribution in [0.2, 0.25) is 0 Å². The molecular weight excluding hydrogens is 315 g/mol. The summed E-state index contributed by atoms with van der Waals surface area (Å²) in [5.74, 6) is -0.00700. The fourth-order valence-electron chi connectivity index (χ4n) is 2.36. The Labute approximate surface area is 131 Å². The number of piperidine rings is 1. The topological polar surface area (TPSA) is 40.5 Å². The zero-order valence-electron chi connectivity index (χ0n) is 12.2. The number of benzene rings is 1. The van der Waals surface area contributed by atoms with Gasteiger partial charge in [0.05, 0.1) is 5.75 Å². The van der Waals surface area contributed by atoms with E-state index in [2.05, 4.69) is 0 Å². The third-order valence-corrected chi connectivity index (χ3v) is 5.08. The Morgan fingerprint density at radius 1 is 1.32 bits per heavy atom. The van der Waals surface area contributed by atoms with Gasteiger partial charge in [0.1, 0.15) is 0 Å². The number of likely N-dealkylation sites (tertiary alicyclic amines) is 1. The van der Waals surface area contributed by atoms with Gasteiger partial charge < -0.3 is 10.0 Å². The summed E-state index contributed by atoms with van der Waals surface area (Å²) in [5.41, 5.74) is -1.60. The lowest BCUT2D eigenvalue weighted by Crippen LogP contribution is -2.54. The number of aryl methyl sites for hydroxylation is 1. The van der Waals surface area contributed by atoms with Gasteiger partial charge in [-0.05, 0) is 18.6 Å². The van der Waals surface area contributed by atoms with Gasteiger partial charge in [-0.1, -0.05) is 18.2 Å². The Bertz CT molecular complexity index is 540. The largest absolute Gasteiger partial charge is 0.417 e. The van der Waals surface area contributed by atoms with Crippen molar-refractivity contribution in [3.05, 3.63) is 29.8 Å². The van der Waals surface area contributed by atoms with Crippen LogP contribution in [0.1, 0.15) is 18.4 Å². The normalized spacial score (nSPS) is 18.3. The monoisotopic (exact) mass is 333 g/mol. The number of carbonyl (C=O) groups excluding carboxylic acids is 1. The van der Waals surface area contributed by atoms with E-state index in [1.165, 1.54) is 16.7 Å². The molecule has 2 rings (SSSR count). The molecule has 1 aliphatic heterocycles. The minimum absolute atomic E-state index is 0.0663. The van der Waals surface area contributed by atoms with Crippen molar-refractivity contribution >= 4 is 17.7 Å². The average molecular weight is 333 g/mol. The summed E-state index contributed by atoms with van der Waals surface area (Å²) >= 11 is 1.38. The standard InChI is InChI=1S/C15H18F3NO2S/c1-11-4-2-3-5-12(11)22-10-13(20)19-8-6-14(21,7-9-19)15(16,17)18/h2-5,21H,6-10H2,1H3.